The molecular weight excluding hydrogens is 146 g/mol. The molecule has 1 aliphatic rings. The molecule has 12 heavy (non-hydrogen) atoms. The summed E-state index contributed by atoms with van der Waals surface area (Å²) in [4.78, 5) is 0. The summed E-state index contributed by atoms with van der Waals surface area (Å²) in [5, 5.41) is 3.63. The van der Waals surface area contributed by atoms with Crippen LogP contribution in [0, 0.1) is 11.8 Å². The van der Waals surface area contributed by atoms with E-state index in [1.165, 1.54) is 32.2 Å². The third-order valence-electron chi connectivity index (χ3n) is 3.05. The summed E-state index contributed by atoms with van der Waals surface area (Å²) >= 11 is 0. The molecule has 0 aromatic rings. The number of rotatable bonds is 1. The third-order valence-corrected chi connectivity index (χ3v) is 3.05. The second-order valence-electron chi connectivity index (χ2n) is 4.53. The normalized spacial score (nSPS) is 38.8. The van der Waals surface area contributed by atoms with E-state index in [2.05, 4.69) is 26.1 Å². The highest BCUT2D eigenvalue weighted by atomic mass is 14.9. The number of hydrogen-bond acceptors (Lipinski definition) is 1. The zero-order valence-corrected chi connectivity index (χ0v) is 8.77. The van der Waals surface area contributed by atoms with Crippen LogP contribution in [0.2, 0.25) is 0 Å². The lowest BCUT2D eigenvalue weighted by Gasteiger charge is -2.27. The largest absolute Gasteiger partial charge is 0.314 e. The van der Waals surface area contributed by atoms with Gasteiger partial charge >= 0.3 is 0 Å². The van der Waals surface area contributed by atoms with Gasteiger partial charge in [-0.15, -0.1) is 0 Å². The summed E-state index contributed by atoms with van der Waals surface area (Å²) in [7, 11) is 0. The van der Waals surface area contributed by atoms with Gasteiger partial charge in [0.05, 0.1) is 0 Å². The lowest BCUT2D eigenvalue weighted by atomic mass is 9.87. The predicted octanol–water partition coefficient (Wildman–Crippen LogP) is 2.81. The topological polar surface area (TPSA) is 12.0 Å². The van der Waals surface area contributed by atoms with Crippen LogP contribution >= 0.6 is 0 Å². The van der Waals surface area contributed by atoms with Crippen LogP contribution in [0.4, 0.5) is 0 Å². The molecule has 0 aliphatic carbocycles. The van der Waals surface area contributed by atoms with Gasteiger partial charge in [-0.05, 0) is 44.1 Å². The maximum Gasteiger partial charge on any atom is 0.00669 e. The summed E-state index contributed by atoms with van der Waals surface area (Å²) in [6.07, 6.45) is 5.46. The highest BCUT2D eigenvalue weighted by Gasteiger charge is 2.16. The monoisotopic (exact) mass is 169 g/mol. The molecule has 0 saturated carbocycles. The lowest BCUT2D eigenvalue weighted by Crippen LogP contribution is -2.34. The Labute approximate surface area is 76.9 Å². The smallest absolute Gasteiger partial charge is 0.00669 e. The maximum absolute atomic E-state index is 3.63. The molecule has 1 fully saturated rings. The molecule has 0 spiro atoms. The van der Waals surface area contributed by atoms with E-state index in [1.54, 1.807) is 0 Å². The van der Waals surface area contributed by atoms with E-state index in [0.717, 1.165) is 17.9 Å². The molecule has 0 amide bonds. The minimum Gasteiger partial charge on any atom is -0.314 e. The first-order valence-corrected chi connectivity index (χ1v) is 5.45. The molecule has 1 aliphatic heterocycles. The first-order chi connectivity index (χ1) is 5.72. The second-order valence-corrected chi connectivity index (χ2v) is 4.53. The molecule has 0 bridgehead atoms. The van der Waals surface area contributed by atoms with Crippen molar-refractivity contribution in [3.05, 3.63) is 0 Å². The first kappa shape index (κ1) is 10.0. The van der Waals surface area contributed by atoms with Crippen molar-refractivity contribution in [2.45, 2.75) is 52.5 Å². The van der Waals surface area contributed by atoms with E-state index in [1.807, 2.05) is 0 Å². The van der Waals surface area contributed by atoms with Crippen molar-refractivity contribution in [3.8, 4) is 0 Å². The summed E-state index contributed by atoms with van der Waals surface area (Å²) in [5.74, 6) is 1.84. The van der Waals surface area contributed by atoms with Gasteiger partial charge < -0.3 is 5.32 Å². The molecule has 1 heterocycles. The molecule has 0 aromatic carbocycles. The van der Waals surface area contributed by atoms with E-state index in [4.69, 9.17) is 0 Å². The fourth-order valence-corrected chi connectivity index (χ4v) is 2.31. The molecule has 0 radical (unpaired) electrons. The number of hydrogen-bond donors (Lipinski definition) is 1. The SMILES string of the molecule is CCC1CC(C)CC(C)CCN1. The van der Waals surface area contributed by atoms with Crippen LogP contribution in [-0.2, 0) is 0 Å². The molecule has 3 atom stereocenters. The molecule has 1 saturated heterocycles. The molecule has 1 heteroatoms. The Morgan fingerprint density at radius 1 is 1.17 bits per heavy atom. The van der Waals surface area contributed by atoms with Gasteiger partial charge in [0.15, 0.2) is 0 Å². The summed E-state index contributed by atoms with van der Waals surface area (Å²) in [6.45, 7) is 8.29. The van der Waals surface area contributed by atoms with Gasteiger partial charge in [0.2, 0.25) is 0 Å². The average Bonchev–Trinajstić information content (AvgIpc) is 1.99. The van der Waals surface area contributed by atoms with Crippen LogP contribution in [0.5, 0.6) is 0 Å². The van der Waals surface area contributed by atoms with Crippen molar-refractivity contribution < 1.29 is 0 Å². The van der Waals surface area contributed by atoms with Gasteiger partial charge in [0.25, 0.3) is 0 Å². The predicted molar refractivity (Wildman–Crippen MR) is 54.3 cm³/mol. The van der Waals surface area contributed by atoms with Gasteiger partial charge in [-0.25, -0.2) is 0 Å². The standard InChI is InChI=1S/C11H23N/c1-4-11-8-10(3)7-9(2)5-6-12-11/h9-12H,4-8H2,1-3H3. The van der Waals surface area contributed by atoms with Crippen molar-refractivity contribution in [2.24, 2.45) is 11.8 Å². The van der Waals surface area contributed by atoms with E-state index in [-0.39, 0.29) is 0 Å². The highest BCUT2D eigenvalue weighted by Crippen LogP contribution is 2.22. The molecule has 0 aromatic heterocycles. The minimum atomic E-state index is 0.785. The van der Waals surface area contributed by atoms with Crippen molar-refractivity contribution in [3.63, 3.8) is 0 Å². The van der Waals surface area contributed by atoms with Crippen LogP contribution in [0.25, 0.3) is 0 Å². The average molecular weight is 169 g/mol. The Kier molecular flexibility index (Phi) is 4.07. The zero-order valence-electron chi connectivity index (χ0n) is 8.77. The van der Waals surface area contributed by atoms with Crippen molar-refractivity contribution >= 4 is 0 Å². The van der Waals surface area contributed by atoms with Crippen molar-refractivity contribution in [2.75, 3.05) is 6.54 Å². The van der Waals surface area contributed by atoms with Gasteiger partial charge in [-0.3, -0.25) is 0 Å². The molecule has 1 rings (SSSR count). The Balaban J connectivity index is 2.37. The van der Waals surface area contributed by atoms with Crippen LogP contribution in [-0.4, -0.2) is 12.6 Å². The summed E-state index contributed by atoms with van der Waals surface area (Å²) in [5.41, 5.74) is 0. The van der Waals surface area contributed by atoms with Crippen LogP contribution in [0.1, 0.15) is 46.5 Å². The number of nitrogens with one attached hydrogen (secondary N) is 1. The minimum absolute atomic E-state index is 0.785. The van der Waals surface area contributed by atoms with Crippen molar-refractivity contribution in [1.29, 1.82) is 0 Å². The van der Waals surface area contributed by atoms with Gasteiger partial charge in [-0.1, -0.05) is 20.8 Å². The highest BCUT2D eigenvalue weighted by molar-refractivity contribution is 4.74. The maximum atomic E-state index is 3.63. The van der Waals surface area contributed by atoms with E-state index in [0.29, 0.717) is 0 Å². The summed E-state index contributed by atoms with van der Waals surface area (Å²) < 4.78 is 0. The fourth-order valence-electron chi connectivity index (χ4n) is 2.31. The van der Waals surface area contributed by atoms with Gasteiger partial charge in [-0.2, -0.15) is 0 Å². The zero-order chi connectivity index (χ0) is 8.97. The molecule has 1 N–H and O–H groups in total. The van der Waals surface area contributed by atoms with Gasteiger partial charge in [0.1, 0.15) is 0 Å². The first-order valence-electron chi connectivity index (χ1n) is 5.45. The Hall–Kier alpha value is -0.0400. The Morgan fingerprint density at radius 3 is 2.58 bits per heavy atom. The van der Waals surface area contributed by atoms with Crippen LogP contribution in [0.15, 0.2) is 0 Å². The van der Waals surface area contributed by atoms with Gasteiger partial charge in [0, 0.05) is 6.04 Å². The quantitative estimate of drug-likeness (QED) is 0.636. The molecule has 72 valence electrons. The third kappa shape index (κ3) is 3.14. The Morgan fingerprint density at radius 2 is 1.92 bits per heavy atom. The van der Waals surface area contributed by atoms with Crippen LogP contribution in [0.3, 0.4) is 0 Å². The molecular formula is C11H23N. The lowest BCUT2D eigenvalue weighted by molar-refractivity contribution is 0.290. The van der Waals surface area contributed by atoms with Crippen molar-refractivity contribution in [1.82, 2.24) is 5.32 Å². The van der Waals surface area contributed by atoms with Crippen LogP contribution < -0.4 is 5.32 Å². The van der Waals surface area contributed by atoms with E-state index < -0.39 is 0 Å². The Bertz CT molecular complexity index is 122. The van der Waals surface area contributed by atoms with E-state index >= 15 is 0 Å². The molecule has 3 unspecified atom stereocenters. The second kappa shape index (κ2) is 4.86. The van der Waals surface area contributed by atoms with E-state index in [9.17, 15) is 0 Å². The summed E-state index contributed by atoms with van der Waals surface area (Å²) in [6, 6.07) is 0.785. The molecule has 1 nitrogen and oxygen atoms in total. The fraction of sp³-hybridized carbons (Fsp3) is 1.00.